The Morgan fingerprint density at radius 2 is 0.893 bits per heavy atom. The summed E-state index contributed by atoms with van der Waals surface area (Å²) in [7, 11) is 0. The number of rotatable bonds is 11. The summed E-state index contributed by atoms with van der Waals surface area (Å²) >= 11 is 0. The van der Waals surface area contributed by atoms with E-state index in [4.69, 9.17) is 18.9 Å². The van der Waals surface area contributed by atoms with E-state index in [1.54, 1.807) is 24.5 Å². The van der Waals surface area contributed by atoms with Crippen molar-refractivity contribution >= 4 is 34.6 Å². The first kappa shape index (κ1) is 39.9. The van der Waals surface area contributed by atoms with Crippen LogP contribution in [0.3, 0.4) is 0 Å². The number of hydrogen-bond donors (Lipinski definition) is 0. The molecule has 0 radical (unpaired) electrons. The second-order valence-corrected chi connectivity index (χ2v) is 17.0. The molecule has 0 N–H and O–H groups in total. The van der Waals surface area contributed by atoms with Gasteiger partial charge in [0.05, 0.1) is 23.7 Å². The minimum absolute atomic E-state index is 0.000603. The van der Waals surface area contributed by atoms with Crippen molar-refractivity contribution in [3.05, 3.63) is 54.9 Å². The molecule has 7 rings (SSSR count). The Labute approximate surface area is 331 Å². The Kier molecular flexibility index (Phi) is 13.4. The highest BCUT2D eigenvalue weighted by molar-refractivity contribution is 5.98. The van der Waals surface area contributed by atoms with Crippen LogP contribution < -0.4 is 9.47 Å². The Balaban J connectivity index is 0.967. The second-order valence-electron chi connectivity index (χ2n) is 17.0. The number of pyridine rings is 1. The van der Waals surface area contributed by atoms with Crippen molar-refractivity contribution in [2.75, 3.05) is 0 Å². The molecular formula is C47H59NO8. The Bertz CT molecular complexity index is 1810. The summed E-state index contributed by atoms with van der Waals surface area (Å²) in [5.41, 5.74) is 1.87. The average molecular weight is 766 g/mol. The van der Waals surface area contributed by atoms with Gasteiger partial charge in [-0.25, -0.2) is 0 Å². The molecule has 300 valence electrons. The molecule has 0 atom stereocenters. The van der Waals surface area contributed by atoms with Gasteiger partial charge in [-0.05, 0) is 162 Å². The third-order valence-corrected chi connectivity index (χ3v) is 13.5. The van der Waals surface area contributed by atoms with E-state index in [2.05, 4.69) is 18.8 Å². The minimum atomic E-state index is -0.306. The quantitative estimate of drug-likeness (QED) is 0.139. The van der Waals surface area contributed by atoms with Gasteiger partial charge in [0.1, 0.15) is 23.7 Å². The molecule has 9 heteroatoms. The minimum Gasteiger partial charge on any atom is -0.462 e. The summed E-state index contributed by atoms with van der Waals surface area (Å²) < 4.78 is 24.1. The van der Waals surface area contributed by atoms with Crippen LogP contribution in [-0.2, 0) is 28.7 Å². The maximum Gasteiger partial charge on any atom is 0.314 e. The van der Waals surface area contributed by atoms with Crippen LogP contribution in [0, 0.1) is 35.5 Å². The van der Waals surface area contributed by atoms with Crippen molar-refractivity contribution in [2.24, 2.45) is 35.5 Å². The summed E-state index contributed by atoms with van der Waals surface area (Å²) in [6.07, 6.45) is 18.5. The van der Waals surface area contributed by atoms with Crippen molar-refractivity contribution in [3.63, 3.8) is 0 Å². The topological polar surface area (TPSA) is 118 Å². The molecule has 0 saturated heterocycles. The largest absolute Gasteiger partial charge is 0.462 e. The standard InChI is InChI=1S/C47H59NO8/c1-3-30-5-9-33(10-6-30)44(49)53-38-18-13-35(14-19-38)46(51)55-42-23-24-43(41-29-37(17-22-40(41)42)32-25-27-48-28-26-32)56-47(52)36-15-20-39(21-16-36)54-45(50)34-11-7-31(4-2)8-12-34/h17,22-31,33-36,38-39H,3-16,18-21H2,1-2H3/t30?,31?,33?,34?,35-,36-,38-,39-. The zero-order chi connectivity index (χ0) is 39.0. The van der Waals surface area contributed by atoms with E-state index in [1.165, 1.54) is 12.8 Å². The number of carbonyl (C=O) groups is 4. The lowest BCUT2D eigenvalue weighted by molar-refractivity contribution is -0.159. The van der Waals surface area contributed by atoms with Gasteiger partial charge in [-0.2, -0.15) is 0 Å². The molecule has 2 aromatic carbocycles. The molecular weight excluding hydrogens is 707 g/mol. The van der Waals surface area contributed by atoms with Gasteiger partial charge in [0.2, 0.25) is 0 Å². The SMILES string of the molecule is CCC1CCC(C(=O)O[C@H]2CC[C@H](C(=O)Oc3ccc(OC(=O)[C@H]4CC[C@H](OC(=O)C5CCC(CC)CC5)CC4)c4cc(-c5ccncc5)ccc34)CC2)CC1. The maximum absolute atomic E-state index is 13.6. The van der Waals surface area contributed by atoms with Crippen molar-refractivity contribution in [1.82, 2.24) is 4.98 Å². The molecule has 1 aromatic heterocycles. The van der Waals surface area contributed by atoms with Crippen LogP contribution in [0.2, 0.25) is 0 Å². The van der Waals surface area contributed by atoms with Crippen LogP contribution in [0.5, 0.6) is 11.5 Å². The number of nitrogens with zero attached hydrogens (tertiary/aromatic N) is 1. The molecule has 4 aliphatic carbocycles. The molecule has 0 spiro atoms. The fourth-order valence-corrected chi connectivity index (χ4v) is 9.55. The average Bonchev–Trinajstić information content (AvgIpc) is 3.25. The predicted octanol–water partition coefficient (Wildman–Crippen LogP) is 10.3. The number of benzene rings is 2. The number of esters is 4. The number of fused-ring (bicyclic) bond motifs is 1. The summed E-state index contributed by atoms with van der Waals surface area (Å²) in [6.45, 7) is 4.44. The molecule has 1 heterocycles. The molecule has 0 amide bonds. The lowest BCUT2D eigenvalue weighted by Crippen LogP contribution is -2.32. The molecule has 56 heavy (non-hydrogen) atoms. The van der Waals surface area contributed by atoms with Crippen LogP contribution in [0.1, 0.15) is 129 Å². The highest BCUT2D eigenvalue weighted by Gasteiger charge is 2.35. The summed E-state index contributed by atoms with van der Waals surface area (Å²) in [5.74, 6) is 0.917. The molecule has 0 aliphatic heterocycles. The van der Waals surface area contributed by atoms with E-state index in [9.17, 15) is 19.2 Å². The van der Waals surface area contributed by atoms with Crippen molar-refractivity contribution in [3.8, 4) is 22.6 Å². The maximum atomic E-state index is 13.6. The molecule has 4 aliphatic rings. The van der Waals surface area contributed by atoms with Crippen LogP contribution in [0.25, 0.3) is 21.9 Å². The molecule has 0 unspecified atom stereocenters. The van der Waals surface area contributed by atoms with Crippen molar-refractivity contribution in [2.45, 2.75) is 142 Å². The van der Waals surface area contributed by atoms with Crippen LogP contribution in [0.15, 0.2) is 54.9 Å². The van der Waals surface area contributed by atoms with Crippen molar-refractivity contribution in [1.29, 1.82) is 0 Å². The van der Waals surface area contributed by atoms with Gasteiger partial charge in [0.25, 0.3) is 0 Å². The van der Waals surface area contributed by atoms with E-state index in [1.807, 2.05) is 30.3 Å². The van der Waals surface area contributed by atoms with Gasteiger partial charge in [-0.15, -0.1) is 0 Å². The van der Waals surface area contributed by atoms with Crippen LogP contribution in [-0.4, -0.2) is 41.1 Å². The van der Waals surface area contributed by atoms with E-state index in [-0.39, 0.29) is 59.8 Å². The molecule has 0 bridgehead atoms. The van der Waals surface area contributed by atoms with Gasteiger partial charge >= 0.3 is 23.9 Å². The Morgan fingerprint density at radius 3 is 1.34 bits per heavy atom. The van der Waals surface area contributed by atoms with Gasteiger partial charge < -0.3 is 18.9 Å². The van der Waals surface area contributed by atoms with E-state index >= 15 is 0 Å². The monoisotopic (exact) mass is 765 g/mol. The van der Waals surface area contributed by atoms with E-state index in [0.29, 0.717) is 73.6 Å². The highest BCUT2D eigenvalue weighted by atomic mass is 16.6. The zero-order valence-corrected chi connectivity index (χ0v) is 33.3. The van der Waals surface area contributed by atoms with Gasteiger partial charge in [-0.1, -0.05) is 32.8 Å². The first-order chi connectivity index (χ1) is 27.3. The first-order valence-corrected chi connectivity index (χ1v) is 21.6. The normalized spacial score (nSPS) is 28.2. The lowest BCUT2D eigenvalue weighted by atomic mass is 9.81. The number of carbonyl (C=O) groups excluding carboxylic acids is 4. The first-order valence-electron chi connectivity index (χ1n) is 21.6. The van der Waals surface area contributed by atoms with E-state index in [0.717, 1.165) is 74.3 Å². The van der Waals surface area contributed by atoms with E-state index < -0.39 is 0 Å². The number of hydrogen-bond acceptors (Lipinski definition) is 9. The van der Waals surface area contributed by atoms with Gasteiger partial charge in [0, 0.05) is 23.2 Å². The molecule has 9 nitrogen and oxygen atoms in total. The fraction of sp³-hybridized carbons (Fsp3) is 0.596. The summed E-state index contributed by atoms with van der Waals surface area (Å²) in [5, 5.41) is 1.34. The van der Waals surface area contributed by atoms with Gasteiger partial charge in [-0.3, -0.25) is 24.2 Å². The van der Waals surface area contributed by atoms with Crippen LogP contribution in [0.4, 0.5) is 0 Å². The number of ether oxygens (including phenoxy) is 4. The Morgan fingerprint density at radius 1 is 0.482 bits per heavy atom. The highest BCUT2D eigenvalue weighted by Crippen LogP contribution is 2.40. The fourth-order valence-electron chi connectivity index (χ4n) is 9.55. The predicted molar refractivity (Wildman–Crippen MR) is 214 cm³/mol. The van der Waals surface area contributed by atoms with Gasteiger partial charge in [0.15, 0.2) is 0 Å². The molecule has 4 fully saturated rings. The smallest absolute Gasteiger partial charge is 0.314 e. The molecule has 4 saturated carbocycles. The van der Waals surface area contributed by atoms with Crippen LogP contribution >= 0.6 is 0 Å². The van der Waals surface area contributed by atoms with Crippen molar-refractivity contribution < 1.29 is 38.1 Å². The lowest BCUT2D eigenvalue weighted by Gasteiger charge is -2.31. The zero-order valence-electron chi connectivity index (χ0n) is 33.3. The third-order valence-electron chi connectivity index (χ3n) is 13.5. The second kappa shape index (κ2) is 18.8. The summed E-state index contributed by atoms with van der Waals surface area (Å²) in [4.78, 5) is 57.1. The summed E-state index contributed by atoms with van der Waals surface area (Å²) in [6, 6.07) is 13.1. The third kappa shape index (κ3) is 9.81. The molecule has 3 aromatic rings. The number of aromatic nitrogens is 1. The Hall–Kier alpha value is -4.27.